The highest BCUT2D eigenvalue weighted by atomic mass is 32.1. The second-order valence-corrected chi connectivity index (χ2v) is 4.93. The molecule has 3 nitrogen and oxygen atoms in total. The molecule has 0 spiro atoms. The van der Waals surface area contributed by atoms with Crippen LogP contribution in [0.3, 0.4) is 0 Å². The number of aromatic carboxylic acids is 1. The highest BCUT2D eigenvalue weighted by molar-refractivity contribution is 7.13. The SMILES string of the molecule is O=C(O)c1ncc(Cc2cccc(C(F)(F)F)c2)s1. The maximum absolute atomic E-state index is 12.5. The van der Waals surface area contributed by atoms with Gasteiger partial charge >= 0.3 is 12.1 Å². The summed E-state index contributed by atoms with van der Waals surface area (Å²) < 4.78 is 37.6. The summed E-state index contributed by atoms with van der Waals surface area (Å²) in [5.74, 6) is -1.14. The smallest absolute Gasteiger partial charge is 0.416 e. The zero-order valence-corrected chi connectivity index (χ0v) is 10.3. The largest absolute Gasteiger partial charge is 0.476 e. The van der Waals surface area contributed by atoms with E-state index < -0.39 is 17.7 Å². The Morgan fingerprint density at radius 3 is 2.68 bits per heavy atom. The standard InChI is InChI=1S/C12H8F3NO2S/c13-12(14,15)8-3-1-2-7(4-8)5-9-6-16-10(19-9)11(17)18/h1-4,6H,5H2,(H,17,18). The molecule has 2 aromatic rings. The predicted octanol–water partition coefficient (Wildman–Crippen LogP) is 3.45. The molecule has 0 atom stereocenters. The number of halogens is 3. The zero-order valence-electron chi connectivity index (χ0n) is 9.44. The van der Waals surface area contributed by atoms with Gasteiger partial charge in [-0.05, 0) is 11.6 Å². The molecule has 0 aliphatic carbocycles. The minimum absolute atomic E-state index is 0.0676. The number of hydrogen-bond donors (Lipinski definition) is 1. The van der Waals surface area contributed by atoms with Crippen molar-refractivity contribution in [3.05, 3.63) is 51.5 Å². The minimum atomic E-state index is -4.38. The van der Waals surface area contributed by atoms with Crippen LogP contribution in [0.4, 0.5) is 13.2 Å². The molecule has 19 heavy (non-hydrogen) atoms. The molecule has 0 bridgehead atoms. The van der Waals surface area contributed by atoms with Gasteiger partial charge in [0, 0.05) is 17.5 Å². The second-order valence-electron chi connectivity index (χ2n) is 3.81. The van der Waals surface area contributed by atoms with Gasteiger partial charge in [0.25, 0.3) is 0 Å². The van der Waals surface area contributed by atoms with E-state index in [0.29, 0.717) is 10.4 Å². The summed E-state index contributed by atoms with van der Waals surface area (Å²) in [6, 6.07) is 4.95. The molecule has 100 valence electrons. The van der Waals surface area contributed by atoms with E-state index in [4.69, 9.17) is 5.11 Å². The molecular formula is C12H8F3NO2S. The average Bonchev–Trinajstić information content (AvgIpc) is 2.77. The van der Waals surface area contributed by atoms with E-state index in [1.54, 1.807) is 6.07 Å². The third kappa shape index (κ3) is 3.31. The summed E-state index contributed by atoms with van der Waals surface area (Å²) in [4.78, 5) is 14.9. The van der Waals surface area contributed by atoms with Gasteiger partial charge < -0.3 is 5.11 Å². The Hall–Kier alpha value is -1.89. The van der Waals surface area contributed by atoms with Crippen LogP contribution in [-0.4, -0.2) is 16.1 Å². The van der Waals surface area contributed by atoms with E-state index in [2.05, 4.69) is 4.98 Å². The quantitative estimate of drug-likeness (QED) is 0.940. The molecule has 0 saturated carbocycles. The highest BCUT2D eigenvalue weighted by Gasteiger charge is 2.30. The molecule has 1 N–H and O–H groups in total. The van der Waals surface area contributed by atoms with Crippen molar-refractivity contribution in [1.82, 2.24) is 4.98 Å². The maximum atomic E-state index is 12.5. The molecular weight excluding hydrogens is 279 g/mol. The molecule has 0 amide bonds. The van der Waals surface area contributed by atoms with Crippen LogP contribution in [0.2, 0.25) is 0 Å². The maximum Gasteiger partial charge on any atom is 0.416 e. The molecule has 1 aromatic carbocycles. The summed E-state index contributed by atoms with van der Waals surface area (Å²) in [5.41, 5.74) is -0.247. The monoisotopic (exact) mass is 287 g/mol. The fraction of sp³-hybridized carbons (Fsp3) is 0.167. The van der Waals surface area contributed by atoms with Gasteiger partial charge in [0.05, 0.1) is 5.56 Å². The van der Waals surface area contributed by atoms with Gasteiger partial charge in [-0.25, -0.2) is 9.78 Å². The number of alkyl halides is 3. The van der Waals surface area contributed by atoms with Crippen LogP contribution >= 0.6 is 11.3 Å². The second kappa shape index (κ2) is 5.00. The fourth-order valence-electron chi connectivity index (χ4n) is 1.55. The molecule has 0 aliphatic heterocycles. The van der Waals surface area contributed by atoms with Crippen molar-refractivity contribution in [1.29, 1.82) is 0 Å². The lowest BCUT2D eigenvalue weighted by molar-refractivity contribution is -0.137. The molecule has 0 saturated heterocycles. The van der Waals surface area contributed by atoms with Crippen molar-refractivity contribution in [3.8, 4) is 0 Å². The van der Waals surface area contributed by atoms with Gasteiger partial charge in [-0.2, -0.15) is 13.2 Å². The van der Waals surface area contributed by atoms with E-state index in [1.807, 2.05) is 0 Å². The molecule has 0 unspecified atom stereocenters. The summed E-state index contributed by atoms with van der Waals surface area (Å²) in [5, 5.41) is 8.65. The van der Waals surface area contributed by atoms with Crippen molar-refractivity contribution < 1.29 is 23.1 Å². The van der Waals surface area contributed by atoms with E-state index >= 15 is 0 Å². The number of carboxylic acid groups (broad SMARTS) is 1. The van der Waals surface area contributed by atoms with Crippen molar-refractivity contribution >= 4 is 17.3 Å². The van der Waals surface area contributed by atoms with Crippen molar-refractivity contribution in [2.45, 2.75) is 12.6 Å². The average molecular weight is 287 g/mol. The first kappa shape index (κ1) is 13.5. The molecule has 0 aliphatic rings. The number of rotatable bonds is 3. The Bertz CT molecular complexity index is 607. The van der Waals surface area contributed by atoms with E-state index in [9.17, 15) is 18.0 Å². The minimum Gasteiger partial charge on any atom is -0.476 e. The lowest BCUT2D eigenvalue weighted by Crippen LogP contribution is -2.05. The van der Waals surface area contributed by atoms with Crippen LogP contribution in [0.1, 0.15) is 25.8 Å². The van der Waals surface area contributed by atoms with Crippen LogP contribution in [-0.2, 0) is 12.6 Å². The van der Waals surface area contributed by atoms with Gasteiger partial charge in [-0.15, -0.1) is 11.3 Å². The summed E-state index contributed by atoms with van der Waals surface area (Å²) in [6.07, 6.45) is -2.78. The van der Waals surface area contributed by atoms with Crippen LogP contribution in [0.25, 0.3) is 0 Å². The zero-order chi connectivity index (χ0) is 14.0. The lowest BCUT2D eigenvalue weighted by atomic mass is 10.1. The number of aromatic nitrogens is 1. The van der Waals surface area contributed by atoms with Gasteiger partial charge in [-0.3, -0.25) is 0 Å². The lowest BCUT2D eigenvalue weighted by Gasteiger charge is -2.07. The predicted molar refractivity (Wildman–Crippen MR) is 63.3 cm³/mol. The number of carbonyl (C=O) groups is 1. The van der Waals surface area contributed by atoms with Crippen LogP contribution in [0.15, 0.2) is 30.5 Å². The first-order valence-electron chi connectivity index (χ1n) is 5.20. The molecule has 1 heterocycles. The third-order valence-electron chi connectivity index (χ3n) is 2.37. The van der Waals surface area contributed by atoms with E-state index in [1.165, 1.54) is 12.3 Å². The Morgan fingerprint density at radius 1 is 1.37 bits per heavy atom. The normalized spacial score (nSPS) is 11.5. The Labute approximate surface area is 110 Å². The fourth-order valence-corrected chi connectivity index (χ4v) is 2.33. The van der Waals surface area contributed by atoms with Crippen LogP contribution in [0, 0.1) is 0 Å². The molecule has 0 fully saturated rings. The van der Waals surface area contributed by atoms with E-state index in [-0.39, 0.29) is 11.4 Å². The summed E-state index contributed by atoms with van der Waals surface area (Å²) in [6.45, 7) is 0. The summed E-state index contributed by atoms with van der Waals surface area (Å²) in [7, 11) is 0. The highest BCUT2D eigenvalue weighted by Crippen LogP contribution is 2.30. The Morgan fingerprint density at radius 2 is 2.11 bits per heavy atom. The van der Waals surface area contributed by atoms with E-state index in [0.717, 1.165) is 23.5 Å². The van der Waals surface area contributed by atoms with Crippen LogP contribution < -0.4 is 0 Å². The van der Waals surface area contributed by atoms with Crippen molar-refractivity contribution in [3.63, 3.8) is 0 Å². The van der Waals surface area contributed by atoms with Crippen molar-refractivity contribution in [2.24, 2.45) is 0 Å². The summed E-state index contributed by atoms with van der Waals surface area (Å²) >= 11 is 0.957. The first-order valence-corrected chi connectivity index (χ1v) is 6.02. The number of hydrogen-bond acceptors (Lipinski definition) is 3. The molecule has 0 radical (unpaired) electrons. The molecule has 1 aromatic heterocycles. The van der Waals surface area contributed by atoms with Gasteiger partial charge in [0.2, 0.25) is 5.01 Å². The van der Waals surface area contributed by atoms with Gasteiger partial charge in [0.1, 0.15) is 0 Å². The number of benzene rings is 1. The topological polar surface area (TPSA) is 50.2 Å². The molecule has 2 rings (SSSR count). The number of thiazole rings is 1. The van der Waals surface area contributed by atoms with Crippen molar-refractivity contribution in [2.75, 3.05) is 0 Å². The number of nitrogens with zero attached hydrogens (tertiary/aromatic N) is 1. The van der Waals surface area contributed by atoms with Gasteiger partial charge in [0.15, 0.2) is 0 Å². The third-order valence-corrected chi connectivity index (χ3v) is 3.35. The Balaban J connectivity index is 2.21. The van der Waals surface area contributed by atoms with Gasteiger partial charge in [-0.1, -0.05) is 18.2 Å². The Kier molecular flexibility index (Phi) is 3.57. The molecule has 7 heteroatoms. The number of carboxylic acids is 1. The first-order chi connectivity index (χ1) is 8.86. The van der Waals surface area contributed by atoms with Crippen LogP contribution in [0.5, 0.6) is 0 Å².